The third-order valence-electron chi connectivity index (χ3n) is 3.38. The Labute approximate surface area is 120 Å². The van der Waals surface area contributed by atoms with Gasteiger partial charge in [-0.2, -0.15) is 0 Å². The highest BCUT2D eigenvalue weighted by molar-refractivity contribution is 8.00. The highest BCUT2D eigenvalue weighted by Crippen LogP contribution is 2.37. The van der Waals surface area contributed by atoms with Crippen molar-refractivity contribution in [3.8, 4) is 0 Å². The summed E-state index contributed by atoms with van der Waals surface area (Å²) in [6.45, 7) is 1.65. The standard InChI is InChI=1S/C14H21NO2S2/c1-2-19(16,17)15-13-10-6-7-11-14(13)18-12-8-4-3-5-9-12/h6-7,10-12,15H,2-5,8-9H2,1H3. The number of hydrogen-bond acceptors (Lipinski definition) is 3. The number of sulfonamides is 1. The van der Waals surface area contributed by atoms with E-state index in [0.717, 1.165) is 10.6 Å². The summed E-state index contributed by atoms with van der Waals surface area (Å²) in [5, 5.41) is 0.626. The Hall–Kier alpha value is -0.680. The van der Waals surface area contributed by atoms with E-state index < -0.39 is 10.0 Å². The Kier molecular flexibility index (Phi) is 5.16. The molecule has 1 aromatic carbocycles. The molecular weight excluding hydrogens is 278 g/mol. The first kappa shape index (κ1) is 14.7. The van der Waals surface area contributed by atoms with Crippen LogP contribution >= 0.6 is 11.8 Å². The Balaban J connectivity index is 2.11. The van der Waals surface area contributed by atoms with Crippen LogP contribution in [0, 0.1) is 0 Å². The minimum Gasteiger partial charge on any atom is -0.282 e. The molecule has 0 bridgehead atoms. The third kappa shape index (κ3) is 4.42. The van der Waals surface area contributed by atoms with Gasteiger partial charge in [-0.15, -0.1) is 11.8 Å². The molecule has 106 valence electrons. The van der Waals surface area contributed by atoms with Gasteiger partial charge in [-0.25, -0.2) is 8.42 Å². The van der Waals surface area contributed by atoms with Crippen molar-refractivity contribution in [2.24, 2.45) is 0 Å². The predicted octanol–water partition coefficient (Wildman–Crippen LogP) is 3.87. The summed E-state index contributed by atoms with van der Waals surface area (Å²) in [6, 6.07) is 7.69. The maximum Gasteiger partial charge on any atom is 0.232 e. The summed E-state index contributed by atoms with van der Waals surface area (Å²) in [4.78, 5) is 1.05. The van der Waals surface area contributed by atoms with E-state index in [9.17, 15) is 8.42 Å². The van der Waals surface area contributed by atoms with Gasteiger partial charge in [0, 0.05) is 10.1 Å². The molecule has 1 saturated carbocycles. The van der Waals surface area contributed by atoms with Gasteiger partial charge in [-0.1, -0.05) is 31.4 Å². The summed E-state index contributed by atoms with van der Waals surface area (Å²) in [6.07, 6.45) is 6.39. The number of thioether (sulfide) groups is 1. The van der Waals surface area contributed by atoms with Crippen LogP contribution in [0.4, 0.5) is 5.69 Å². The van der Waals surface area contributed by atoms with Gasteiger partial charge < -0.3 is 0 Å². The fourth-order valence-corrected chi connectivity index (χ4v) is 4.31. The fourth-order valence-electron chi connectivity index (χ4n) is 2.26. The monoisotopic (exact) mass is 299 g/mol. The maximum atomic E-state index is 11.7. The number of nitrogens with one attached hydrogen (secondary N) is 1. The van der Waals surface area contributed by atoms with E-state index in [2.05, 4.69) is 4.72 Å². The number of benzene rings is 1. The smallest absolute Gasteiger partial charge is 0.232 e. The Morgan fingerprint density at radius 2 is 1.89 bits per heavy atom. The molecule has 1 N–H and O–H groups in total. The second kappa shape index (κ2) is 6.66. The van der Waals surface area contributed by atoms with E-state index in [1.165, 1.54) is 32.1 Å². The molecule has 1 aliphatic carbocycles. The zero-order chi connectivity index (χ0) is 13.7. The molecular formula is C14H21NO2S2. The Morgan fingerprint density at radius 3 is 2.58 bits per heavy atom. The molecule has 0 amide bonds. The van der Waals surface area contributed by atoms with Crippen molar-refractivity contribution in [2.45, 2.75) is 49.2 Å². The molecule has 1 aliphatic rings. The second-order valence-electron chi connectivity index (χ2n) is 4.88. The van der Waals surface area contributed by atoms with Gasteiger partial charge >= 0.3 is 0 Å². The van der Waals surface area contributed by atoms with Gasteiger partial charge in [0.15, 0.2) is 0 Å². The van der Waals surface area contributed by atoms with Crippen LogP contribution in [0.15, 0.2) is 29.2 Å². The second-order valence-corrected chi connectivity index (χ2v) is 8.23. The zero-order valence-corrected chi connectivity index (χ0v) is 12.9. The molecule has 0 saturated heterocycles. The Morgan fingerprint density at radius 1 is 1.21 bits per heavy atom. The Bertz CT molecular complexity index is 508. The van der Waals surface area contributed by atoms with Crippen LogP contribution in [0.5, 0.6) is 0 Å². The largest absolute Gasteiger partial charge is 0.282 e. The van der Waals surface area contributed by atoms with E-state index in [-0.39, 0.29) is 5.75 Å². The number of hydrogen-bond donors (Lipinski definition) is 1. The number of rotatable bonds is 5. The SMILES string of the molecule is CCS(=O)(=O)Nc1ccccc1SC1CCCCC1. The average molecular weight is 299 g/mol. The van der Waals surface area contributed by atoms with Crippen molar-refractivity contribution in [3.63, 3.8) is 0 Å². The van der Waals surface area contributed by atoms with Crippen molar-refractivity contribution in [2.75, 3.05) is 10.5 Å². The van der Waals surface area contributed by atoms with Gasteiger partial charge in [-0.05, 0) is 31.9 Å². The summed E-state index contributed by atoms with van der Waals surface area (Å²) in [5.74, 6) is 0.107. The molecule has 0 atom stereocenters. The third-order valence-corrected chi connectivity index (χ3v) is 6.08. The fraction of sp³-hybridized carbons (Fsp3) is 0.571. The first-order chi connectivity index (χ1) is 9.11. The first-order valence-electron chi connectivity index (χ1n) is 6.87. The molecule has 0 unspecified atom stereocenters. The number of para-hydroxylation sites is 1. The molecule has 0 heterocycles. The van der Waals surface area contributed by atoms with Crippen LogP contribution in [-0.2, 0) is 10.0 Å². The molecule has 0 aromatic heterocycles. The van der Waals surface area contributed by atoms with Gasteiger partial charge in [-0.3, -0.25) is 4.72 Å². The molecule has 0 radical (unpaired) electrons. The lowest BCUT2D eigenvalue weighted by Crippen LogP contribution is -2.15. The van der Waals surface area contributed by atoms with Gasteiger partial charge in [0.2, 0.25) is 10.0 Å². The molecule has 19 heavy (non-hydrogen) atoms. The van der Waals surface area contributed by atoms with Crippen LogP contribution < -0.4 is 4.72 Å². The lowest BCUT2D eigenvalue weighted by atomic mass is 10.0. The maximum absolute atomic E-state index is 11.7. The topological polar surface area (TPSA) is 46.2 Å². The van der Waals surface area contributed by atoms with Crippen LogP contribution in [0.2, 0.25) is 0 Å². The highest BCUT2D eigenvalue weighted by atomic mass is 32.2. The van der Waals surface area contributed by atoms with E-state index in [4.69, 9.17) is 0 Å². The lowest BCUT2D eigenvalue weighted by molar-refractivity contribution is 0.516. The molecule has 5 heteroatoms. The predicted molar refractivity (Wildman–Crippen MR) is 82.3 cm³/mol. The minimum absolute atomic E-state index is 0.107. The molecule has 1 fully saturated rings. The zero-order valence-electron chi connectivity index (χ0n) is 11.3. The van der Waals surface area contributed by atoms with Crippen molar-refractivity contribution in [1.82, 2.24) is 0 Å². The number of anilines is 1. The van der Waals surface area contributed by atoms with E-state index >= 15 is 0 Å². The van der Waals surface area contributed by atoms with Crippen molar-refractivity contribution in [3.05, 3.63) is 24.3 Å². The van der Waals surface area contributed by atoms with Crippen LogP contribution in [-0.4, -0.2) is 19.4 Å². The van der Waals surface area contributed by atoms with Crippen molar-refractivity contribution >= 4 is 27.5 Å². The highest BCUT2D eigenvalue weighted by Gasteiger charge is 2.17. The molecule has 0 aliphatic heterocycles. The molecule has 1 aromatic rings. The van der Waals surface area contributed by atoms with E-state index in [1.54, 1.807) is 6.92 Å². The molecule has 2 rings (SSSR count). The van der Waals surface area contributed by atoms with Gasteiger partial charge in [0.25, 0.3) is 0 Å². The minimum atomic E-state index is -3.20. The summed E-state index contributed by atoms with van der Waals surface area (Å²) in [7, 11) is -3.20. The average Bonchev–Trinajstić information content (AvgIpc) is 2.42. The van der Waals surface area contributed by atoms with E-state index in [1.807, 2.05) is 36.0 Å². The summed E-state index contributed by atoms with van der Waals surface area (Å²) in [5.41, 5.74) is 0.722. The van der Waals surface area contributed by atoms with Crippen molar-refractivity contribution in [1.29, 1.82) is 0 Å². The first-order valence-corrected chi connectivity index (χ1v) is 9.40. The van der Waals surface area contributed by atoms with Gasteiger partial charge in [0.05, 0.1) is 11.4 Å². The quantitative estimate of drug-likeness (QED) is 0.897. The van der Waals surface area contributed by atoms with E-state index in [0.29, 0.717) is 5.25 Å². The normalized spacial score (nSPS) is 17.3. The van der Waals surface area contributed by atoms with Crippen molar-refractivity contribution < 1.29 is 8.42 Å². The molecule has 0 spiro atoms. The summed E-state index contributed by atoms with van der Waals surface area (Å²) < 4.78 is 26.1. The van der Waals surface area contributed by atoms with Crippen LogP contribution in [0.25, 0.3) is 0 Å². The van der Waals surface area contributed by atoms with Crippen LogP contribution in [0.1, 0.15) is 39.0 Å². The summed E-state index contributed by atoms with van der Waals surface area (Å²) >= 11 is 1.82. The van der Waals surface area contributed by atoms with Gasteiger partial charge in [0.1, 0.15) is 0 Å². The lowest BCUT2D eigenvalue weighted by Gasteiger charge is -2.22. The van der Waals surface area contributed by atoms with Crippen LogP contribution in [0.3, 0.4) is 0 Å². The molecule has 3 nitrogen and oxygen atoms in total.